The zero-order valence-corrected chi connectivity index (χ0v) is 10.9. The molecule has 0 fully saturated rings. The summed E-state index contributed by atoms with van der Waals surface area (Å²) in [5, 5.41) is 0. The van der Waals surface area contributed by atoms with Crippen molar-refractivity contribution in [2.75, 3.05) is 0 Å². The highest BCUT2D eigenvalue weighted by molar-refractivity contribution is 5.47. The highest BCUT2D eigenvalue weighted by atomic mass is 14.2. The van der Waals surface area contributed by atoms with Crippen molar-refractivity contribution >= 4 is 0 Å². The molecule has 0 saturated heterocycles. The van der Waals surface area contributed by atoms with E-state index >= 15 is 0 Å². The van der Waals surface area contributed by atoms with E-state index in [2.05, 4.69) is 27.7 Å². The van der Waals surface area contributed by atoms with Gasteiger partial charge in [-0.05, 0) is 49.7 Å². The van der Waals surface area contributed by atoms with Crippen LogP contribution in [-0.2, 0) is 0 Å². The first-order valence-electron chi connectivity index (χ1n) is 6.70. The van der Waals surface area contributed by atoms with E-state index in [1.165, 1.54) is 44.9 Å². The second-order valence-electron chi connectivity index (χ2n) is 4.51. The van der Waals surface area contributed by atoms with Gasteiger partial charge in [0.15, 0.2) is 0 Å². The lowest BCUT2D eigenvalue weighted by molar-refractivity contribution is 0.764. The molecule has 0 heterocycles. The number of rotatable bonds is 6. The van der Waals surface area contributed by atoms with E-state index in [0.717, 1.165) is 0 Å². The highest BCUT2D eigenvalue weighted by Gasteiger charge is 2.19. The molecule has 0 saturated carbocycles. The number of unbranched alkanes of at least 4 members (excludes halogenated alkanes) is 1. The Morgan fingerprint density at radius 3 is 1.87 bits per heavy atom. The largest absolute Gasteiger partial charge is 0.0654 e. The lowest BCUT2D eigenvalue weighted by Gasteiger charge is -2.08. The van der Waals surface area contributed by atoms with Crippen molar-refractivity contribution in [3.8, 4) is 0 Å². The van der Waals surface area contributed by atoms with Crippen molar-refractivity contribution in [1.82, 2.24) is 0 Å². The lowest BCUT2D eigenvalue weighted by Crippen LogP contribution is -1.88. The minimum Gasteiger partial charge on any atom is -0.0654 e. The van der Waals surface area contributed by atoms with Gasteiger partial charge < -0.3 is 0 Å². The molecule has 1 aliphatic carbocycles. The molecule has 0 radical (unpaired) electrons. The molecule has 15 heavy (non-hydrogen) atoms. The monoisotopic (exact) mass is 206 g/mol. The van der Waals surface area contributed by atoms with Crippen LogP contribution in [-0.4, -0.2) is 0 Å². The summed E-state index contributed by atoms with van der Waals surface area (Å²) < 4.78 is 0. The Kier molecular flexibility index (Phi) is 5.14. The molecule has 1 aliphatic rings. The van der Waals surface area contributed by atoms with E-state index in [0.29, 0.717) is 0 Å². The molecule has 0 N–H and O–H groups in total. The number of hydrogen-bond donors (Lipinski definition) is 0. The van der Waals surface area contributed by atoms with Gasteiger partial charge in [-0.1, -0.05) is 45.3 Å². The molecule has 0 heteroatoms. The summed E-state index contributed by atoms with van der Waals surface area (Å²) in [5.41, 5.74) is 6.89. The fraction of sp³-hybridized carbons (Fsp3) is 0.733. The summed E-state index contributed by atoms with van der Waals surface area (Å²) in [6.07, 6.45) is 9.06. The zero-order valence-electron chi connectivity index (χ0n) is 10.9. The van der Waals surface area contributed by atoms with Crippen molar-refractivity contribution < 1.29 is 0 Å². The molecular formula is C15H26. The van der Waals surface area contributed by atoms with Crippen molar-refractivity contribution in [1.29, 1.82) is 0 Å². The second kappa shape index (κ2) is 6.15. The fourth-order valence-corrected chi connectivity index (χ4v) is 2.79. The summed E-state index contributed by atoms with van der Waals surface area (Å²) >= 11 is 0. The summed E-state index contributed by atoms with van der Waals surface area (Å²) in [4.78, 5) is 0. The van der Waals surface area contributed by atoms with Crippen molar-refractivity contribution in [2.24, 2.45) is 0 Å². The van der Waals surface area contributed by atoms with Gasteiger partial charge in [0, 0.05) is 0 Å². The van der Waals surface area contributed by atoms with Gasteiger partial charge in [0.1, 0.15) is 0 Å². The van der Waals surface area contributed by atoms with Crippen LogP contribution in [0.25, 0.3) is 0 Å². The van der Waals surface area contributed by atoms with Crippen molar-refractivity contribution in [3.63, 3.8) is 0 Å². The maximum atomic E-state index is 2.32. The van der Waals surface area contributed by atoms with Crippen LogP contribution in [0.3, 0.4) is 0 Å². The quantitative estimate of drug-likeness (QED) is 0.545. The van der Waals surface area contributed by atoms with E-state index in [9.17, 15) is 0 Å². The normalized spacial score (nSPS) is 16.8. The highest BCUT2D eigenvalue weighted by Crippen LogP contribution is 2.39. The maximum absolute atomic E-state index is 2.32. The van der Waals surface area contributed by atoms with Crippen LogP contribution < -0.4 is 0 Å². The molecule has 0 spiro atoms. The Labute approximate surface area is 95.5 Å². The molecule has 86 valence electrons. The van der Waals surface area contributed by atoms with E-state index in [1.807, 2.05) is 0 Å². The summed E-state index contributed by atoms with van der Waals surface area (Å²) in [6, 6.07) is 0. The number of hydrogen-bond acceptors (Lipinski definition) is 0. The van der Waals surface area contributed by atoms with E-state index in [1.54, 1.807) is 22.3 Å². The van der Waals surface area contributed by atoms with Crippen LogP contribution in [0, 0.1) is 0 Å². The smallest absolute Gasteiger partial charge is 0.00967 e. The Balaban J connectivity index is 2.81. The van der Waals surface area contributed by atoms with Crippen LogP contribution >= 0.6 is 0 Å². The molecule has 0 atom stereocenters. The molecule has 0 aromatic carbocycles. The van der Waals surface area contributed by atoms with Gasteiger partial charge in [0.25, 0.3) is 0 Å². The Morgan fingerprint density at radius 2 is 1.40 bits per heavy atom. The first kappa shape index (κ1) is 12.5. The summed E-state index contributed by atoms with van der Waals surface area (Å²) in [6.45, 7) is 9.22. The number of allylic oxidation sites excluding steroid dienone is 4. The van der Waals surface area contributed by atoms with Crippen LogP contribution in [0.5, 0.6) is 0 Å². The third-order valence-corrected chi connectivity index (χ3v) is 3.61. The Bertz CT molecular complexity index is 266. The molecule has 0 aromatic rings. The zero-order chi connectivity index (χ0) is 11.3. The van der Waals surface area contributed by atoms with E-state index in [4.69, 9.17) is 0 Å². The average Bonchev–Trinajstić information content (AvgIpc) is 2.62. The maximum Gasteiger partial charge on any atom is -0.00967 e. The van der Waals surface area contributed by atoms with Crippen LogP contribution in [0.4, 0.5) is 0 Å². The molecule has 0 unspecified atom stereocenters. The van der Waals surface area contributed by atoms with Gasteiger partial charge in [-0.3, -0.25) is 0 Å². The van der Waals surface area contributed by atoms with Crippen LogP contribution in [0.1, 0.15) is 72.6 Å². The molecule has 0 aromatic heterocycles. The topological polar surface area (TPSA) is 0 Å². The summed E-state index contributed by atoms with van der Waals surface area (Å²) in [5.74, 6) is 0. The standard InChI is InChI=1S/C15H26/c1-5-9-10-13-11-12(6-2)14(7-3)15(13)8-4/h5-11H2,1-4H3. The van der Waals surface area contributed by atoms with Gasteiger partial charge in [0.05, 0.1) is 0 Å². The predicted molar refractivity (Wildman–Crippen MR) is 69.1 cm³/mol. The molecule has 0 nitrogen and oxygen atoms in total. The SMILES string of the molecule is CCCCC1=C(CC)C(CC)=C(CC)C1. The first-order valence-corrected chi connectivity index (χ1v) is 6.70. The van der Waals surface area contributed by atoms with Gasteiger partial charge >= 0.3 is 0 Å². The van der Waals surface area contributed by atoms with E-state index < -0.39 is 0 Å². The Morgan fingerprint density at radius 1 is 0.800 bits per heavy atom. The van der Waals surface area contributed by atoms with Gasteiger partial charge in [-0.15, -0.1) is 0 Å². The van der Waals surface area contributed by atoms with Crippen molar-refractivity contribution in [3.05, 3.63) is 22.3 Å². The molecule has 1 rings (SSSR count). The first-order chi connectivity index (χ1) is 7.28. The minimum atomic E-state index is 1.24. The average molecular weight is 206 g/mol. The minimum absolute atomic E-state index is 1.24. The van der Waals surface area contributed by atoms with Gasteiger partial charge in [-0.25, -0.2) is 0 Å². The molecular weight excluding hydrogens is 180 g/mol. The third kappa shape index (κ3) is 2.74. The fourth-order valence-electron chi connectivity index (χ4n) is 2.79. The van der Waals surface area contributed by atoms with Crippen LogP contribution in [0.15, 0.2) is 22.3 Å². The Hall–Kier alpha value is -0.520. The third-order valence-electron chi connectivity index (χ3n) is 3.61. The van der Waals surface area contributed by atoms with Crippen molar-refractivity contribution in [2.45, 2.75) is 72.6 Å². The summed E-state index contributed by atoms with van der Waals surface area (Å²) in [7, 11) is 0. The molecule has 0 amide bonds. The lowest BCUT2D eigenvalue weighted by atomic mass is 9.98. The second-order valence-corrected chi connectivity index (χ2v) is 4.51. The molecule has 0 bridgehead atoms. The van der Waals surface area contributed by atoms with Crippen LogP contribution in [0.2, 0.25) is 0 Å². The van der Waals surface area contributed by atoms with E-state index in [-0.39, 0.29) is 0 Å². The molecule has 0 aliphatic heterocycles. The predicted octanol–water partition coefficient (Wildman–Crippen LogP) is 5.40. The van der Waals surface area contributed by atoms with Gasteiger partial charge in [0.2, 0.25) is 0 Å². The van der Waals surface area contributed by atoms with Gasteiger partial charge in [-0.2, -0.15) is 0 Å².